The molecule has 1 rings (SSSR count). The predicted molar refractivity (Wildman–Crippen MR) is 66.7 cm³/mol. The van der Waals surface area contributed by atoms with E-state index in [0.29, 0.717) is 11.1 Å². The van der Waals surface area contributed by atoms with Crippen LogP contribution in [-0.2, 0) is 15.8 Å². The first-order valence-corrected chi connectivity index (χ1v) is 6.88. The number of nitriles is 1. The van der Waals surface area contributed by atoms with Gasteiger partial charge in [0.05, 0.1) is 17.4 Å². The molecule has 0 aromatic heterocycles. The summed E-state index contributed by atoms with van der Waals surface area (Å²) < 4.78 is 26.3. The Hall–Kier alpha value is -1.38. The lowest BCUT2D eigenvalue weighted by atomic mass is 10.1. The third kappa shape index (κ3) is 4.55. The van der Waals surface area contributed by atoms with Crippen LogP contribution in [0.4, 0.5) is 0 Å². The molecule has 0 bridgehead atoms. The fourth-order valence-electron chi connectivity index (χ4n) is 1.46. The molecule has 0 spiro atoms. The fraction of sp³-hybridized carbons (Fsp3) is 0.417. The minimum atomic E-state index is -3.43. The van der Waals surface area contributed by atoms with E-state index in [9.17, 15) is 8.42 Å². The van der Waals surface area contributed by atoms with E-state index in [1.54, 1.807) is 45.0 Å². The quantitative estimate of drug-likeness (QED) is 0.891. The van der Waals surface area contributed by atoms with E-state index in [1.807, 2.05) is 6.07 Å². The van der Waals surface area contributed by atoms with Crippen molar-refractivity contribution in [2.45, 2.75) is 32.1 Å². The summed E-state index contributed by atoms with van der Waals surface area (Å²) in [7, 11) is -3.43. The summed E-state index contributed by atoms with van der Waals surface area (Å²) in [6, 6.07) is 8.69. The first kappa shape index (κ1) is 13.7. The zero-order valence-corrected chi connectivity index (χ0v) is 11.0. The van der Waals surface area contributed by atoms with Crippen molar-refractivity contribution in [1.82, 2.24) is 4.72 Å². The second-order valence-electron chi connectivity index (χ2n) is 4.88. The Kier molecular flexibility index (Phi) is 3.91. The van der Waals surface area contributed by atoms with Crippen molar-refractivity contribution in [1.29, 1.82) is 5.26 Å². The number of rotatable bonds is 3. The molecule has 0 saturated heterocycles. The Morgan fingerprint density at radius 3 is 2.41 bits per heavy atom. The molecule has 0 aliphatic rings. The van der Waals surface area contributed by atoms with E-state index in [1.165, 1.54) is 0 Å². The molecule has 17 heavy (non-hydrogen) atoms. The van der Waals surface area contributed by atoms with Gasteiger partial charge in [-0.3, -0.25) is 0 Å². The van der Waals surface area contributed by atoms with Gasteiger partial charge in [-0.25, -0.2) is 13.1 Å². The Morgan fingerprint density at radius 1 is 1.29 bits per heavy atom. The molecule has 0 radical (unpaired) electrons. The lowest BCUT2D eigenvalue weighted by molar-refractivity contribution is 0.491. The van der Waals surface area contributed by atoms with Gasteiger partial charge in [0.1, 0.15) is 0 Å². The molecule has 0 atom stereocenters. The van der Waals surface area contributed by atoms with Crippen molar-refractivity contribution in [3.8, 4) is 6.07 Å². The van der Waals surface area contributed by atoms with Crippen molar-refractivity contribution in [3.05, 3.63) is 35.4 Å². The van der Waals surface area contributed by atoms with Gasteiger partial charge in [-0.1, -0.05) is 18.2 Å². The van der Waals surface area contributed by atoms with Crippen molar-refractivity contribution in [3.63, 3.8) is 0 Å². The van der Waals surface area contributed by atoms with Gasteiger partial charge in [-0.2, -0.15) is 5.26 Å². The third-order valence-corrected chi connectivity index (χ3v) is 3.56. The summed E-state index contributed by atoms with van der Waals surface area (Å²) in [6.07, 6.45) is 0. The SMILES string of the molecule is CC(C)(C)NS(=O)(=O)Cc1ccccc1C#N. The summed E-state index contributed by atoms with van der Waals surface area (Å²) in [4.78, 5) is 0. The van der Waals surface area contributed by atoms with E-state index < -0.39 is 15.6 Å². The van der Waals surface area contributed by atoms with Gasteiger partial charge in [-0.05, 0) is 32.4 Å². The molecule has 0 saturated carbocycles. The highest BCUT2D eigenvalue weighted by atomic mass is 32.2. The molecular formula is C12H16N2O2S. The molecule has 0 fully saturated rings. The van der Waals surface area contributed by atoms with E-state index in [4.69, 9.17) is 5.26 Å². The third-order valence-electron chi connectivity index (χ3n) is 1.95. The van der Waals surface area contributed by atoms with E-state index in [2.05, 4.69) is 4.72 Å². The van der Waals surface area contributed by atoms with Gasteiger partial charge in [-0.15, -0.1) is 0 Å². The Morgan fingerprint density at radius 2 is 1.88 bits per heavy atom. The van der Waals surface area contributed by atoms with Crippen LogP contribution >= 0.6 is 0 Å². The molecule has 0 aliphatic carbocycles. The van der Waals surface area contributed by atoms with Crippen LogP contribution in [0.1, 0.15) is 31.9 Å². The molecule has 1 aromatic carbocycles. The molecule has 0 aliphatic heterocycles. The molecule has 1 N–H and O–H groups in total. The molecule has 92 valence electrons. The number of nitrogens with zero attached hydrogens (tertiary/aromatic N) is 1. The maximum atomic E-state index is 11.9. The van der Waals surface area contributed by atoms with Crippen LogP contribution in [0.3, 0.4) is 0 Å². The summed E-state index contributed by atoms with van der Waals surface area (Å²) in [5.41, 5.74) is 0.402. The first-order valence-electron chi connectivity index (χ1n) is 5.23. The van der Waals surface area contributed by atoms with Gasteiger partial charge in [0.2, 0.25) is 10.0 Å². The van der Waals surface area contributed by atoms with E-state index in [0.717, 1.165) is 0 Å². The number of hydrogen-bond acceptors (Lipinski definition) is 3. The highest BCUT2D eigenvalue weighted by molar-refractivity contribution is 7.88. The molecule has 0 unspecified atom stereocenters. The highest BCUT2D eigenvalue weighted by Crippen LogP contribution is 2.12. The van der Waals surface area contributed by atoms with Crippen molar-refractivity contribution < 1.29 is 8.42 Å². The zero-order chi connectivity index (χ0) is 13.1. The number of hydrogen-bond donors (Lipinski definition) is 1. The summed E-state index contributed by atoms with van der Waals surface area (Å²) in [5.74, 6) is -0.173. The van der Waals surface area contributed by atoms with Crippen LogP contribution in [0, 0.1) is 11.3 Å². The van der Waals surface area contributed by atoms with Gasteiger partial charge in [0, 0.05) is 5.54 Å². The minimum Gasteiger partial charge on any atom is -0.212 e. The van der Waals surface area contributed by atoms with Crippen molar-refractivity contribution in [2.24, 2.45) is 0 Å². The Balaban J connectivity index is 2.96. The number of sulfonamides is 1. The van der Waals surface area contributed by atoms with Crippen LogP contribution < -0.4 is 4.72 Å². The monoisotopic (exact) mass is 252 g/mol. The van der Waals surface area contributed by atoms with Crippen molar-refractivity contribution in [2.75, 3.05) is 0 Å². The normalized spacial score (nSPS) is 12.1. The average molecular weight is 252 g/mol. The predicted octanol–water partition coefficient (Wildman–Crippen LogP) is 1.78. The molecular weight excluding hydrogens is 236 g/mol. The van der Waals surface area contributed by atoms with Crippen LogP contribution in [-0.4, -0.2) is 14.0 Å². The Labute approximate surface area is 102 Å². The smallest absolute Gasteiger partial charge is 0.212 e. The number of benzene rings is 1. The molecule has 1 aromatic rings. The first-order chi connectivity index (χ1) is 7.73. The molecule has 4 nitrogen and oxygen atoms in total. The van der Waals surface area contributed by atoms with E-state index in [-0.39, 0.29) is 5.75 Å². The maximum Gasteiger partial charge on any atom is 0.216 e. The Bertz CT molecular complexity index is 536. The topological polar surface area (TPSA) is 70.0 Å². The second kappa shape index (κ2) is 4.86. The van der Waals surface area contributed by atoms with Crippen LogP contribution in [0.25, 0.3) is 0 Å². The van der Waals surface area contributed by atoms with Gasteiger partial charge in [0.15, 0.2) is 0 Å². The summed E-state index contributed by atoms with van der Waals surface area (Å²) in [6.45, 7) is 5.34. The zero-order valence-electron chi connectivity index (χ0n) is 10.2. The second-order valence-corrected chi connectivity index (χ2v) is 6.60. The maximum absolute atomic E-state index is 11.9. The fourth-order valence-corrected chi connectivity index (χ4v) is 3.13. The molecule has 0 heterocycles. The summed E-state index contributed by atoms with van der Waals surface area (Å²) in [5, 5.41) is 8.88. The van der Waals surface area contributed by atoms with E-state index >= 15 is 0 Å². The van der Waals surface area contributed by atoms with Crippen molar-refractivity contribution >= 4 is 10.0 Å². The van der Waals surface area contributed by atoms with Gasteiger partial charge < -0.3 is 0 Å². The van der Waals surface area contributed by atoms with Gasteiger partial charge >= 0.3 is 0 Å². The lowest BCUT2D eigenvalue weighted by Crippen LogP contribution is -2.41. The number of nitrogens with one attached hydrogen (secondary N) is 1. The van der Waals surface area contributed by atoms with Crippen LogP contribution in [0.2, 0.25) is 0 Å². The standard InChI is InChI=1S/C12H16N2O2S/c1-12(2,3)14-17(15,16)9-11-7-5-4-6-10(11)8-13/h4-7,14H,9H2,1-3H3. The largest absolute Gasteiger partial charge is 0.216 e. The summed E-state index contributed by atoms with van der Waals surface area (Å²) >= 11 is 0. The highest BCUT2D eigenvalue weighted by Gasteiger charge is 2.21. The molecule has 5 heteroatoms. The van der Waals surface area contributed by atoms with Crippen LogP contribution in [0.5, 0.6) is 0 Å². The minimum absolute atomic E-state index is 0.173. The molecule has 0 amide bonds. The lowest BCUT2D eigenvalue weighted by Gasteiger charge is -2.20. The van der Waals surface area contributed by atoms with Gasteiger partial charge in [0.25, 0.3) is 0 Å². The average Bonchev–Trinajstić information content (AvgIpc) is 2.14. The van der Waals surface area contributed by atoms with Crippen LogP contribution in [0.15, 0.2) is 24.3 Å².